The van der Waals surface area contributed by atoms with Gasteiger partial charge in [-0.25, -0.2) is 4.39 Å². The number of amides is 1. The summed E-state index contributed by atoms with van der Waals surface area (Å²) in [4.78, 5) is 12.7. The smallest absolute Gasteiger partial charge is 0.257 e. The minimum atomic E-state index is -1.23. The summed E-state index contributed by atoms with van der Waals surface area (Å²) in [7, 11) is 0. The van der Waals surface area contributed by atoms with Crippen LogP contribution in [0.5, 0.6) is 0 Å². The Morgan fingerprint density at radius 2 is 2.07 bits per heavy atom. The predicted octanol–water partition coefficient (Wildman–Crippen LogP) is 2.27. The Labute approximate surface area is 88.0 Å². The molecule has 2 rings (SSSR count). The average molecular weight is 205 g/mol. The van der Waals surface area contributed by atoms with Gasteiger partial charge in [0.15, 0.2) is 0 Å². The van der Waals surface area contributed by atoms with Crippen LogP contribution in [0, 0.1) is 0 Å². The molecule has 0 spiro atoms. The van der Waals surface area contributed by atoms with Crippen LogP contribution in [0.4, 0.5) is 4.39 Å². The van der Waals surface area contributed by atoms with E-state index in [9.17, 15) is 9.18 Å². The number of allylic oxidation sites excluding steroid dienone is 1. The fraction of sp³-hybridized carbons (Fsp3) is 0.250. The monoisotopic (exact) mass is 205 g/mol. The van der Waals surface area contributed by atoms with Crippen molar-refractivity contribution < 1.29 is 9.18 Å². The van der Waals surface area contributed by atoms with Crippen molar-refractivity contribution in [3.8, 4) is 0 Å². The number of rotatable bonds is 2. The zero-order valence-corrected chi connectivity index (χ0v) is 8.48. The van der Waals surface area contributed by atoms with E-state index >= 15 is 0 Å². The molecule has 1 saturated heterocycles. The first-order valence-corrected chi connectivity index (χ1v) is 4.89. The molecule has 15 heavy (non-hydrogen) atoms. The first-order valence-electron chi connectivity index (χ1n) is 4.89. The summed E-state index contributed by atoms with van der Waals surface area (Å²) in [6.07, 6.45) is 0.303. The second-order valence-electron chi connectivity index (χ2n) is 3.50. The zero-order valence-electron chi connectivity index (χ0n) is 8.48. The van der Waals surface area contributed by atoms with E-state index in [1.807, 2.05) is 30.3 Å². The third-order valence-electron chi connectivity index (χ3n) is 2.54. The molecule has 1 atom stereocenters. The van der Waals surface area contributed by atoms with E-state index in [1.165, 1.54) is 11.0 Å². The van der Waals surface area contributed by atoms with Crippen molar-refractivity contribution in [2.45, 2.75) is 19.8 Å². The fourth-order valence-electron chi connectivity index (χ4n) is 1.67. The van der Waals surface area contributed by atoms with E-state index < -0.39 is 6.30 Å². The molecule has 1 aromatic carbocycles. The highest BCUT2D eigenvalue weighted by Crippen LogP contribution is 2.28. The Morgan fingerprint density at radius 3 is 2.60 bits per heavy atom. The van der Waals surface area contributed by atoms with Gasteiger partial charge in [-0.3, -0.25) is 4.79 Å². The van der Waals surface area contributed by atoms with Gasteiger partial charge in [0.25, 0.3) is 5.91 Å². The molecule has 1 aliphatic rings. The third kappa shape index (κ3) is 1.65. The highest BCUT2D eigenvalue weighted by Gasteiger charge is 2.41. The highest BCUT2D eigenvalue weighted by molar-refractivity contribution is 6.00. The molecular weight excluding hydrogens is 193 g/mol. The van der Waals surface area contributed by atoms with Crippen molar-refractivity contribution >= 4 is 5.91 Å². The molecule has 0 N–H and O–H groups in total. The van der Waals surface area contributed by atoms with Crippen molar-refractivity contribution in [3.63, 3.8) is 0 Å². The van der Waals surface area contributed by atoms with Gasteiger partial charge in [-0.1, -0.05) is 36.4 Å². The lowest BCUT2D eigenvalue weighted by molar-refractivity contribution is -0.144. The van der Waals surface area contributed by atoms with E-state index in [0.717, 1.165) is 5.56 Å². The molecule has 0 radical (unpaired) electrons. The van der Waals surface area contributed by atoms with Gasteiger partial charge < -0.3 is 4.90 Å². The maximum atomic E-state index is 13.4. The molecule has 2 nitrogen and oxygen atoms in total. The minimum absolute atomic E-state index is 0.200. The van der Waals surface area contributed by atoms with Gasteiger partial charge in [-0.2, -0.15) is 0 Å². The zero-order chi connectivity index (χ0) is 10.8. The van der Waals surface area contributed by atoms with Crippen molar-refractivity contribution in [1.29, 1.82) is 0 Å². The van der Waals surface area contributed by atoms with E-state index in [0.29, 0.717) is 6.54 Å². The molecular formula is C12H12FNO. The Morgan fingerprint density at radius 1 is 1.40 bits per heavy atom. The molecule has 0 aromatic heterocycles. The molecule has 1 aliphatic heterocycles. The first kappa shape index (κ1) is 9.90. The molecule has 0 aliphatic carbocycles. The summed E-state index contributed by atoms with van der Waals surface area (Å²) >= 11 is 0. The average Bonchev–Trinajstić information content (AvgIpc) is 2.28. The van der Waals surface area contributed by atoms with E-state index in [-0.39, 0.29) is 11.5 Å². The van der Waals surface area contributed by atoms with Crippen LogP contribution >= 0.6 is 0 Å². The van der Waals surface area contributed by atoms with Gasteiger partial charge in [0, 0.05) is 6.54 Å². The van der Waals surface area contributed by atoms with Crippen LogP contribution in [0.3, 0.4) is 0 Å². The van der Waals surface area contributed by atoms with Crippen LogP contribution in [-0.2, 0) is 11.3 Å². The van der Waals surface area contributed by atoms with Gasteiger partial charge >= 0.3 is 0 Å². The number of β-lactam (4-membered cyclic amide) rings is 1. The van der Waals surface area contributed by atoms with Crippen LogP contribution in [-0.4, -0.2) is 17.1 Å². The number of nitrogens with zero attached hydrogens (tertiary/aromatic N) is 1. The second-order valence-corrected chi connectivity index (χ2v) is 3.50. The standard InChI is InChI=1S/C12H12FNO/c1-2-10-11(13)14(12(10)15)8-9-6-4-3-5-7-9/h2-7,11H,8H2,1H3/b10-2+. The molecule has 0 saturated carbocycles. The molecule has 1 unspecified atom stereocenters. The highest BCUT2D eigenvalue weighted by atomic mass is 19.1. The van der Waals surface area contributed by atoms with Crippen molar-refractivity contribution in [3.05, 3.63) is 47.5 Å². The summed E-state index contributed by atoms with van der Waals surface area (Å²) in [6, 6.07) is 9.42. The summed E-state index contributed by atoms with van der Waals surface area (Å²) < 4.78 is 13.4. The maximum Gasteiger partial charge on any atom is 0.257 e. The van der Waals surface area contributed by atoms with E-state index in [2.05, 4.69) is 0 Å². The lowest BCUT2D eigenvalue weighted by Gasteiger charge is -2.37. The molecule has 1 fully saturated rings. The lowest BCUT2D eigenvalue weighted by Crippen LogP contribution is -2.51. The van der Waals surface area contributed by atoms with Crippen molar-refractivity contribution in [2.24, 2.45) is 0 Å². The number of benzene rings is 1. The normalized spacial score (nSPS) is 23.1. The van der Waals surface area contributed by atoms with Crippen LogP contribution < -0.4 is 0 Å². The maximum absolute atomic E-state index is 13.4. The van der Waals surface area contributed by atoms with E-state index in [1.54, 1.807) is 6.92 Å². The largest absolute Gasteiger partial charge is 0.300 e. The third-order valence-corrected chi connectivity index (χ3v) is 2.54. The Kier molecular flexibility index (Phi) is 2.54. The summed E-state index contributed by atoms with van der Waals surface area (Å²) in [5, 5.41) is 0. The number of carbonyl (C=O) groups is 1. The Hall–Kier alpha value is -1.64. The van der Waals surface area contributed by atoms with Crippen LogP contribution in [0.2, 0.25) is 0 Å². The number of alkyl halides is 1. The molecule has 78 valence electrons. The predicted molar refractivity (Wildman–Crippen MR) is 55.6 cm³/mol. The van der Waals surface area contributed by atoms with Crippen LogP contribution in [0.25, 0.3) is 0 Å². The Bertz CT molecular complexity index is 399. The van der Waals surface area contributed by atoms with Gasteiger partial charge in [0.05, 0.1) is 5.57 Å². The van der Waals surface area contributed by atoms with Crippen LogP contribution in [0.15, 0.2) is 42.0 Å². The molecule has 1 amide bonds. The lowest BCUT2D eigenvalue weighted by atomic mass is 10.0. The SMILES string of the molecule is C/C=C1/C(=O)N(Cc2ccccc2)C1F. The summed E-state index contributed by atoms with van der Waals surface area (Å²) in [5.41, 5.74) is 1.22. The van der Waals surface area contributed by atoms with Gasteiger partial charge in [0.2, 0.25) is 6.30 Å². The molecule has 1 heterocycles. The fourth-order valence-corrected chi connectivity index (χ4v) is 1.67. The minimum Gasteiger partial charge on any atom is -0.300 e. The van der Waals surface area contributed by atoms with Gasteiger partial charge in [-0.05, 0) is 12.5 Å². The van der Waals surface area contributed by atoms with E-state index in [4.69, 9.17) is 0 Å². The van der Waals surface area contributed by atoms with Crippen molar-refractivity contribution in [2.75, 3.05) is 0 Å². The number of hydrogen-bond acceptors (Lipinski definition) is 1. The number of hydrogen-bond donors (Lipinski definition) is 0. The molecule has 0 bridgehead atoms. The van der Waals surface area contributed by atoms with Gasteiger partial charge in [-0.15, -0.1) is 0 Å². The number of carbonyl (C=O) groups excluding carboxylic acids is 1. The molecule has 3 heteroatoms. The quantitative estimate of drug-likeness (QED) is 0.412. The van der Waals surface area contributed by atoms with Gasteiger partial charge in [0.1, 0.15) is 0 Å². The Balaban J connectivity index is 2.07. The van der Waals surface area contributed by atoms with Crippen molar-refractivity contribution in [1.82, 2.24) is 4.90 Å². The molecule has 1 aromatic rings. The summed E-state index contributed by atoms with van der Waals surface area (Å²) in [6.45, 7) is 2.03. The number of halogens is 1. The first-order chi connectivity index (χ1) is 7.24. The summed E-state index contributed by atoms with van der Waals surface area (Å²) in [5.74, 6) is -0.200. The topological polar surface area (TPSA) is 20.3 Å². The number of likely N-dealkylation sites (tertiary alicyclic amines) is 1. The second kappa shape index (κ2) is 3.85. The van der Waals surface area contributed by atoms with Crippen LogP contribution in [0.1, 0.15) is 12.5 Å².